The standard InChI is InChI=1S/C23H31N3O3/c1-6-23(5,21(29)25-18-12-8-7-11-16(18)2)26-19-13-9-10-14-22(19,4)20(28)15-24-17(3)27/h7-14,19,26H,6,15H2,1-5H3,(H,24,27)(H,25,29). The Morgan fingerprint density at radius 3 is 2.48 bits per heavy atom. The number of carbonyl (C=O) groups excluding carboxylic acids is 3. The van der Waals surface area contributed by atoms with E-state index in [2.05, 4.69) is 16.0 Å². The van der Waals surface area contributed by atoms with Gasteiger partial charge in [0.2, 0.25) is 11.8 Å². The van der Waals surface area contributed by atoms with Crippen LogP contribution < -0.4 is 16.0 Å². The van der Waals surface area contributed by atoms with Crippen LogP contribution in [0.25, 0.3) is 0 Å². The lowest BCUT2D eigenvalue weighted by molar-refractivity contribution is -0.129. The van der Waals surface area contributed by atoms with Crippen LogP contribution in [0.5, 0.6) is 0 Å². The van der Waals surface area contributed by atoms with Crippen molar-refractivity contribution in [2.75, 3.05) is 11.9 Å². The predicted octanol–water partition coefficient (Wildman–Crippen LogP) is 2.90. The second-order valence-corrected chi connectivity index (χ2v) is 7.94. The summed E-state index contributed by atoms with van der Waals surface area (Å²) in [4.78, 5) is 37.2. The average molecular weight is 398 g/mol. The first-order valence-corrected chi connectivity index (χ1v) is 9.91. The molecule has 0 saturated carbocycles. The molecule has 1 aliphatic rings. The van der Waals surface area contributed by atoms with Crippen LogP contribution in [0.4, 0.5) is 5.69 Å². The first-order valence-electron chi connectivity index (χ1n) is 9.91. The number of rotatable bonds is 8. The molecule has 6 nitrogen and oxygen atoms in total. The number of para-hydroxylation sites is 1. The molecule has 0 aliphatic heterocycles. The summed E-state index contributed by atoms with van der Waals surface area (Å²) in [5.74, 6) is -0.532. The van der Waals surface area contributed by atoms with Gasteiger partial charge in [0.05, 0.1) is 17.5 Å². The molecule has 0 saturated heterocycles. The van der Waals surface area contributed by atoms with Crippen molar-refractivity contribution in [3.63, 3.8) is 0 Å². The van der Waals surface area contributed by atoms with Crippen molar-refractivity contribution in [2.24, 2.45) is 5.41 Å². The number of carbonyl (C=O) groups is 3. The third kappa shape index (κ3) is 5.21. The van der Waals surface area contributed by atoms with Gasteiger partial charge in [-0.25, -0.2) is 0 Å². The Labute approximate surface area is 172 Å². The molecule has 3 unspecified atom stereocenters. The minimum Gasteiger partial charge on any atom is -0.349 e. The van der Waals surface area contributed by atoms with Crippen molar-refractivity contribution in [3.05, 3.63) is 54.1 Å². The van der Waals surface area contributed by atoms with Crippen LogP contribution in [0.3, 0.4) is 0 Å². The molecule has 1 aromatic carbocycles. The van der Waals surface area contributed by atoms with Crippen molar-refractivity contribution < 1.29 is 14.4 Å². The zero-order chi connectivity index (χ0) is 21.7. The molecule has 0 aromatic heterocycles. The van der Waals surface area contributed by atoms with Gasteiger partial charge in [-0.05, 0) is 38.8 Å². The summed E-state index contributed by atoms with van der Waals surface area (Å²) in [7, 11) is 0. The van der Waals surface area contributed by atoms with Crippen LogP contribution in [0, 0.1) is 12.3 Å². The van der Waals surface area contributed by atoms with E-state index in [-0.39, 0.29) is 30.2 Å². The van der Waals surface area contributed by atoms with E-state index in [1.165, 1.54) is 6.92 Å². The summed E-state index contributed by atoms with van der Waals surface area (Å²) in [6.45, 7) is 8.87. The fraction of sp³-hybridized carbons (Fsp3) is 0.435. The number of benzene rings is 1. The quantitative estimate of drug-likeness (QED) is 0.629. The Bertz CT molecular complexity index is 846. The Hall–Kier alpha value is -2.73. The molecular formula is C23H31N3O3. The lowest BCUT2D eigenvalue weighted by Crippen LogP contribution is -2.61. The molecule has 0 spiro atoms. The number of allylic oxidation sites excluding steroid dienone is 2. The predicted molar refractivity (Wildman–Crippen MR) is 116 cm³/mol. The van der Waals surface area contributed by atoms with Crippen LogP contribution in [-0.2, 0) is 14.4 Å². The molecule has 0 fully saturated rings. The fourth-order valence-electron chi connectivity index (χ4n) is 3.24. The van der Waals surface area contributed by atoms with Gasteiger partial charge in [-0.2, -0.15) is 0 Å². The number of amides is 2. The topological polar surface area (TPSA) is 87.3 Å². The van der Waals surface area contributed by atoms with E-state index in [0.29, 0.717) is 6.42 Å². The summed E-state index contributed by atoms with van der Waals surface area (Å²) in [6.07, 6.45) is 7.93. The molecule has 0 bridgehead atoms. The summed E-state index contributed by atoms with van der Waals surface area (Å²) in [5.41, 5.74) is -0.0214. The molecule has 3 N–H and O–H groups in total. The molecule has 2 amide bonds. The van der Waals surface area contributed by atoms with Gasteiger partial charge in [-0.15, -0.1) is 0 Å². The molecule has 156 valence electrons. The minimum atomic E-state index is -0.891. The zero-order valence-electron chi connectivity index (χ0n) is 17.8. The smallest absolute Gasteiger partial charge is 0.244 e. The lowest BCUT2D eigenvalue weighted by atomic mass is 9.74. The highest BCUT2D eigenvalue weighted by atomic mass is 16.2. The summed E-state index contributed by atoms with van der Waals surface area (Å²) in [6, 6.07) is 7.23. The highest BCUT2D eigenvalue weighted by molar-refractivity contribution is 5.98. The molecule has 1 aliphatic carbocycles. The molecule has 0 heterocycles. The zero-order valence-corrected chi connectivity index (χ0v) is 17.8. The van der Waals surface area contributed by atoms with Crippen LogP contribution in [-0.4, -0.2) is 35.7 Å². The van der Waals surface area contributed by atoms with E-state index >= 15 is 0 Å². The highest BCUT2D eigenvalue weighted by Gasteiger charge is 2.43. The van der Waals surface area contributed by atoms with E-state index in [1.54, 1.807) is 0 Å². The number of aryl methyl sites for hydroxylation is 1. The largest absolute Gasteiger partial charge is 0.349 e. The number of Topliss-reactive ketones (excluding diaryl/α,β-unsaturated/α-hetero) is 1. The summed E-state index contributed by atoms with van der Waals surface area (Å²) < 4.78 is 0. The number of nitrogens with one attached hydrogen (secondary N) is 3. The third-order valence-electron chi connectivity index (χ3n) is 5.68. The Morgan fingerprint density at radius 2 is 1.86 bits per heavy atom. The molecule has 2 rings (SSSR count). The van der Waals surface area contributed by atoms with Crippen LogP contribution in [0.15, 0.2) is 48.6 Å². The van der Waals surface area contributed by atoms with Crippen molar-refractivity contribution in [2.45, 2.75) is 52.6 Å². The van der Waals surface area contributed by atoms with Crippen LogP contribution in [0.1, 0.15) is 39.7 Å². The van der Waals surface area contributed by atoms with E-state index < -0.39 is 11.0 Å². The Balaban J connectivity index is 2.22. The van der Waals surface area contributed by atoms with Crippen molar-refractivity contribution >= 4 is 23.3 Å². The molecule has 3 atom stereocenters. The average Bonchev–Trinajstić information content (AvgIpc) is 2.69. The van der Waals surface area contributed by atoms with Gasteiger partial charge >= 0.3 is 0 Å². The summed E-state index contributed by atoms with van der Waals surface area (Å²) >= 11 is 0. The molecule has 0 radical (unpaired) electrons. The van der Waals surface area contributed by atoms with Gasteiger partial charge in [-0.1, -0.05) is 49.4 Å². The van der Waals surface area contributed by atoms with Crippen molar-refractivity contribution in [3.8, 4) is 0 Å². The minimum absolute atomic E-state index is 0.0551. The number of ketones is 1. The number of hydrogen-bond acceptors (Lipinski definition) is 4. The van der Waals surface area contributed by atoms with E-state index in [1.807, 2.05) is 76.3 Å². The van der Waals surface area contributed by atoms with Crippen LogP contribution >= 0.6 is 0 Å². The first kappa shape index (κ1) is 22.6. The third-order valence-corrected chi connectivity index (χ3v) is 5.68. The maximum Gasteiger partial charge on any atom is 0.244 e. The Morgan fingerprint density at radius 1 is 1.17 bits per heavy atom. The summed E-state index contributed by atoms with van der Waals surface area (Å²) in [5, 5.41) is 8.97. The van der Waals surface area contributed by atoms with Gasteiger partial charge in [0.1, 0.15) is 0 Å². The Kier molecular flexibility index (Phi) is 7.14. The molecule has 1 aromatic rings. The number of hydrogen-bond donors (Lipinski definition) is 3. The van der Waals surface area contributed by atoms with Gasteiger partial charge < -0.3 is 10.6 Å². The van der Waals surface area contributed by atoms with Crippen LogP contribution in [0.2, 0.25) is 0 Å². The van der Waals surface area contributed by atoms with Gasteiger partial charge in [-0.3, -0.25) is 19.7 Å². The van der Waals surface area contributed by atoms with E-state index in [9.17, 15) is 14.4 Å². The first-order chi connectivity index (χ1) is 13.6. The lowest BCUT2D eigenvalue weighted by Gasteiger charge is -2.40. The van der Waals surface area contributed by atoms with Gasteiger partial charge in [0.25, 0.3) is 0 Å². The van der Waals surface area contributed by atoms with Crippen molar-refractivity contribution in [1.29, 1.82) is 0 Å². The SMILES string of the molecule is CCC(C)(NC1C=CC=CC1(C)C(=O)CNC(C)=O)C(=O)Nc1ccccc1C. The maximum absolute atomic E-state index is 13.1. The van der Waals surface area contributed by atoms with E-state index in [4.69, 9.17) is 0 Å². The fourth-order valence-corrected chi connectivity index (χ4v) is 3.24. The molecule has 29 heavy (non-hydrogen) atoms. The monoisotopic (exact) mass is 397 g/mol. The highest BCUT2D eigenvalue weighted by Crippen LogP contribution is 2.31. The van der Waals surface area contributed by atoms with E-state index in [0.717, 1.165) is 11.3 Å². The molecular weight excluding hydrogens is 366 g/mol. The second kappa shape index (κ2) is 9.18. The molecule has 6 heteroatoms. The van der Waals surface area contributed by atoms with Gasteiger partial charge in [0, 0.05) is 18.7 Å². The van der Waals surface area contributed by atoms with Gasteiger partial charge in [0.15, 0.2) is 5.78 Å². The number of anilines is 1. The normalized spacial score (nSPS) is 22.6. The second-order valence-electron chi connectivity index (χ2n) is 7.94. The maximum atomic E-state index is 13.1. The van der Waals surface area contributed by atoms with Crippen molar-refractivity contribution in [1.82, 2.24) is 10.6 Å².